The zero-order chi connectivity index (χ0) is 21.1. The molecule has 2 amide bonds. The first-order valence-corrected chi connectivity index (χ1v) is 11.6. The van der Waals surface area contributed by atoms with Crippen LogP contribution in [0.25, 0.3) is 0 Å². The Morgan fingerprint density at radius 1 is 1.23 bits per heavy atom. The SMILES string of the molecule is COc1ccc(CCNC(=O)CSC2=NC(=O)C3C(=N2)SC2=C3CCC2)cc1OC. The van der Waals surface area contributed by atoms with Crippen LogP contribution >= 0.6 is 23.5 Å². The van der Waals surface area contributed by atoms with Crippen molar-refractivity contribution in [2.45, 2.75) is 25.7 Å². The first kappa shape index (κ1) is 21.0. The average Bonchev–Trinajstić information content (AvgIpc) is 3.33. The van der Waals surface area contributed by atoms with Crippen LogP contribution in [0.15, 0.2) is 38.7 Å². The Labute approximate surface area is 183 Å². The van der Waals surface area contributed by atoms with Crippen molar-refractivity contribution in [1.29, 1.82) is 0 Å². The third kappa shape index (κ3) is 4.41. The third-order valence-electron chi connectivity index (χ3n) is 5.21. The van der Waals surface area contributed by atoms with E-state index >= 15 is 0 Å². The lowest BCUT2D eigenvalue weighted by atomic mass is 9.98. The minimum atomic E-state index is -0.257. The molecule has 0 bridgehead atoms. The maximum absolute atomic E-state index is 12.5. The second kappa shape index (κ2) is 9.26. The van der Waals surface area contributed by atoms with Gasteiger partial charge in [0.1, 0.15) is 5.92 Å². The van der Waals surface area contributed by atoms with Crippen molar-refractivity contribution in [1.82, 2.24) is 5.32 Å². The number of amidine groups is 1. The van der Waals surface area contributed by atoms with Gasteiger partial charge in [0.15, 0.2) is 16.7 Å². The summed E-state index contributed by atoms with van der Waals surface area (Å²) in [5.41, 5.74) is 2.25. The minimum absolute atomic E-state index is 0.113. The average molecular weight is 446 g/mol. The van der Waals surface area contributed by atoms with E-state index in [0.29, 0.717) is 29.6 Å². The van der Waals surface area contributed by atoms with Gasteiger partial charge in [0.25, 0.3) is 5.91 Å². The predicted molar refractivity (Wildman–Crippen MR) is 121 cm³/mol. The summed E-state index contributed by atoms with van der Waals surface area (Å²) in [6, 6.07) is 5.70. The summed E-state index contributed by atoms with van der Waals surface area (Å²) < 4.78 is 10.5. The summed E-state index contributed by atoms with van der Waals surface area (Å²) in [5.74, 6) is 1.01. The van der Waals surface area contributed by atoms with Crippen molar-refractivity contribution >= 4 is 45.5 Å². The van der Waals surface area contributed by atoms with Crippen LogP contribution < -0.4 is 14.8 Å². The van der Waals surface area contributed by atoms with E-state index in [9.17, 15) is 9.59 Å². The second-order valence-electron chi connectivity index (χ2n) is 7.10. The number of allylic oxidation sites excluding steroid dienone is 1. The number of nitrogens with zero attached hydrogens (tertiary/aromatic N) is 2. The van der Waals surface area contributed by atoms with Crippen LogP contribution in [0.1, 0.15) is 24.8 Å². The van der Waals surface area contributed by atoms with Crippen molar-refractivity contribution < 1.29 is 19.1 Å². The van der Waals surface area contributed by atoms with Crippen molar-refractivity contribution in [3.05, 3.63) is 34.2 Å². The number of fused-ring (bicyclic) bond motifs is 2. The summed E-state index contributed by atoms with van der Waals surface area (Å²) in [4.78, 5) is 34.6. The van der Waals surface area contributed by atoms with Gasteiger partial charge in [-0.2, -0.15) is 4.99 Å². The number of carbonyl (C=O) groups excluding carboxylic acids is 2. The summed E-state index contributed by atoms with van der Waals surface area (Å²) in [6.45, 7) is 0.503. The van der Waals surface area contributed by atoms with E-state index in [2.05, 4.69) is 15.3 Å². The van der Waals surface area contributed by atoms with Crippen LogP contribution in [0.2, 0.25) is 0 Å². The monoisotopic (exact) mass is 445 g/mol. The Hall–Kier alpha value is -2.26. The number of thioether (sulfide) groups is 2. The topological polar surface area (TPSA) is 89.3 Å². The molecule has 1 unspecified atom stereocenters. The highest BCUT2D eigenvalue weighted by Gasteiger charge is 2.41. The molecule has 2 heterocycles. The van der Waals surface area contributed by atoms with E-state index in [1.165, 1.54) is 22.2 Å². The number of hydrogen-bond acceptors (Lipinski definition) is 7. The quantitative estimate of drug-likeness (QED) is 0.693. The molecule has 1 aliphatic carbocycles. The molecule has 0 fully saturated rings. The number of nitrogens with one attached hydrogen (secondary N) is 1. The van der Waals surface area contributed by atoms with Crippen molar-refractivity contribution in [3.8, 4) is 11.5 Å². The van der Waals surface area contributed by atoms with E-state index < -0.39 is 0 Å². The van der Waals surface area contributed by atoms with Gasteiger partial charge in [-0.05, 0) is 53.9 Å². The molecule has 1 atom stereocenters. The lowest BCUT2D eigenvalue weighted by Gasteiger charge is -2.15. The molecule has 9 heteroatoms. The smallest absolute Gasteiger partial charge is 0.262 e. The molecule has 0 saturated carbocycles. The highest BCUT2D eigenvalue weighted by Crippen LogP contribution is 2.49. The van der Waals surface area contributed by atoms with Gasteiger partial charge in [0, 0.05) is 6.54 Å². The molecule has 30 heavy (non-hydrogen) atoms. The lowest BCUT2D eigenvalue weighted by molar-refractivity contribution is -0.119. The molecular formula is C21H23N3O4S2. The number of carbonyl (C=O) groups is 2. The largest absolute Gasteiger partial charge is 0.493 e. The van der Waals surface area contributed by atoms with E-state index in [1.54, 1.807) is 26.0 Å². The number of hydrogen-bond donors (Lipinski definition) is 1. The van der Waals surface area contributed by atoms with E-state index in [0.717, 1.165) is 29.9 Å². The van der Waals surface area contributed by atoms with Gasteiger partial charge in [0.05, 0.1) is 25.0 Å². The number of amides is 2. The molecule has 0 radical (unpaired) electrons. The summed E-state index contributed by atoms with van der Waals surface area (Å²) in [5, 5.41) is 4.11. The molecule has 0 saturated heterocycles. The highest BCUT2D eigenvalue weighted by atomic mass is 32.2. The Balaban J connectivity index is 1.24. The van der Waals surface area contributed by atoms with Gasteiger partial charge < -0.3 is 14.8 Å². The van der Waals surface area contributed by atoms with Gasteiger partial charge in [-0.1, -0.05) is 29.6 Å². The first-order valence-electron chi connectivity index (χ1n) is 9.80. The van der Waals surface area contributed by atoms with Gasteiger partial charge in [-0.3, -0.25) is 9.59 Å². The zero-order valence-corrected chi connectivity index (χ0v) is 18.5. The van der Waals surface area contributed by atoms with Crippen LogP contribution in [0.4, 0.5) is 0 Å². The van der Waals surface area contributed by atoms with Crippen molar-refractivity contribution in [2.75, 3.05) is 26.5 Å². The predicted octanol–water partition coefficient (Wildman–Crippen LogP) is 3.19. The lowest BCUT2D eigenvalue weighted by Crippen LogP contribution is -2.29. The first-order chi connectivity index (χ1) is 14.6. The number of methoxy groups -OCH3 is 2. The van der Waals surface area contributed by atoms with E-state index in [-0.39, 0.29) is 23.5 Å². The third-order valence-corrected chi connectivity index (χ3v) is 7.30. The molecule has 0 spiro atoms. The molecule has 158 valence electrons. The van der Waals surface area contributed by atoms with Crippen molar-refractivity contribution in [2.24, 2.45) is 15.9 Å². The van der Waals surface area contributed by atoms with E-state index in [1.807, 2.05) is 18.2 Å². The maximum Gasteiger partial charge on any atom is 0.262 e. The van der Waals surface area contributed by atoms with Crippen LogP contribution in [0.3, 0.4) is 0 Å². The molecule has 0 aromatic heterocycles. The molecule has 1 aromatic rings. The minimum Gasteiger partial charge on any atom is -0.493 e. The molecule has 1 N–H and O–H groups in total. The summed E-state index contributed by atoms with van der Waals surface area (Å²) in [6.07, 6.45) is 3.80. The fraction of sp³-hybridized carbons (Fsp3) is 0.429. The zero-order valence-electron chi connectivity index (χ0n) is 16.9. The van der Waals surface area contributed by atoms with Gasteiger partial charge in [-0.25, -0.2) is 4.99 Å². The fourth-order valence-corrected chi connectivity index (χ4v) is 5.82. The summed E-state index contributed by atoms with van der Waals surface area (Å²) >= 11 is 2.82. The Bertz CT molecular complexity index is 971. The number of aliphatic imine (C=N–C) groups is 2. The van der Waals surface area contributed by atoms with Crippen LogP contribution in [-0.2, 0) is 16.0 Å². The van der Waals surface area contributed by atoms with Crippen LogP contribution in [0, 0.1) is 5.92 Å². The van der Waals surface area contributed by atoms with Gasteiger partial charge >= 0.3 is 0 Å². The number of benzene rings is 1. The maximum atomic E-state index is 12.5. The number of ether oxygens (including phenoxy) is 2. The van der Waals surface area contributed by atoms with Gasteiger partial charge in [0.2, 0.25) is 5.91 Å². The molecule has 7 nitrogen and oxygen atoms in total. The normalized spacial score (nSPS) is 19.8. The van der Waals surface area contributed by atoms with Crippen LogP contribution in [0.5, 0.6) is 11.5 Å². The Kier molecular flexibility index (Phi) is 6.48. The standard InChI is InChI=1S/C21H23N3O4S2/c1-27-14-7-6-12(10-15(14)28-2)8-9-22-17(25)11-29-21-23-19(26)18-13-4-3-5-16(13)30-20(18)24-21/h6-7,10,18H,3-5,8-9,11H2,1-2H3,(H,22,25). The fourth-order valence-electron chi connectivity index (χ4n) is 3.74. The molecule has 3 aliphatic rings. The number of rotatable bonds is 7. The molecule has 1 aromatic carbocycles. The van der Waals surface area contributed by atoms with E-state index in [4.69, 9.17) is 9.47 Å². The highest BCUT2D eigenvalue weighted by molar-refractivity contribution is 8.18. The van der Waals surface area contributed by atoms with Crippen molar-refractivity contribution in [3.63, 3.8) is 0 Å². The second-order valence-corrected chi connectivity index (χ2v) is 9.16. The van der Waals surface area contributed by atoms with Gasteiger partial charge in [-0.15, -0.1) is 0 Å². The molecule has 4 rings (SSSR count). The summed E-state index contributed by atoms with van der Waals surface area (Å²) in [7, 11) is 3.19. The van der Waals surface area contributed by atoms with Crippen LogP contribution in [-0.4, -0.2) is 48.5 Å². The Morgan fingerprint density at radius 2 is 2.07 bits per heavy atom. The molecular weight excluding hydrogens is 422 g/mol. The molecule has 2 aliphatic heterocycles. The Morgan fingerprint density at radius 3 is 2.87 bits per heavy atom.